The number of likely N-dealkylation sites (tertiary alicyclic amines) is 2. The van der Waals surface area contributed by atoms with Crippen molar-refractivity contribution in [2.75, 3.05) is 68.3 Å². The molecule has 4 N–H and O–H groups in total. The third-order valence-electron chi connectivity index (χ3n) is 12.0. The van der Waals surface area contributed by atoms with Gasteiger partial charge in [-0.1, -0.05) is 13.3 Å². The van der Waals surface area contributed by atoms with E-state index < -0.39 is 5.60 Å². The maximum atomic E-state index is 13.2. The molecule has 1 atom stereocenters. The predicted molar refractivity (Wildman–Crippen MR) is 204 cm³/mol. The Morgan fingerprint density at radius 1 is 0.961 bits per heavy atom. The Balaban J connectivity index is 0.927. The first kappa shape index (κ1) is 37.0. The number of benzene rings is 2. The Hall–Kier alpha value is -3.80. The molecule has 4 aliphatic heterocycles. The molecule has 6 rings (SSSR count). The Kier molecular flexibility index (Phi) is 11.2. The van der Waals surface area contributed by atoms with Crippen LogP contribution in [0.1, 0.15) is 111 Å². The van der Waals surface area contributed by atoms with Crippen molar-refractivity contribution in [2.24, 2.45) is 10.4 Å². The first-order chi connectivity index (χ1) is 24.4. The molecule has 11 heteroatoms. The highest BCUT2D eigenvalue weighted by molar-refractivity contribution is 6.22. The predicted octanol–water partition coefficient (Wildman–Crippen LogP) is 5.12. The van der Waals surface area contributed by atoms with Crippen LogP contribution in [0.4, 0.5) is 17.1 Å². The van der Waals surface area contributed by atoms with Crippen molar-refractivity contribution >= 4 is 41.5 Å². The number of aliphatic imine (C=N–C) groups is 1. The van der Waals surface area contributed by atoms with Crippen molar-refractivity contribution in [3.05, 3.63) is 52.6 Å². The molecule has 0 radical (unpaired) electrons. The van der Waals surface area contributed by atoms with Gasteiger partial charge < -0.3 is 30.9 Å². The molecule has 1 spiro atoms. The summed E-state index contributed by atoms with van der Waals surface area (Å²) in [5.41, 5.74) is 10.1. The fraction of sp³-hybridized carbons (Fsp3) is 0.600. The molecule has 4 aliphatic rings. The smallest absolute Gasteiger partial charge is 0.261 e. The number of carbonyl (C=O) groups is 3. The molecule has 3 fully saturated rings. The van der Waals surface area contributed by atoms with Gasteiger partial charge in [-0.3, -0.25) is 24.3 Å². The number of fused-ring (bicyclic) bond motifs is 1. The summed E-state index contributed by atoms with van der Waals surface area (Å²) >= 11 is 0. The molecule has 0 saturated carbocycles. The summed E-state index contributed by atoms with van der Waals surface area (Å²) < 4.78 is 0. The van der Waals surface area contributed by atoms with Gasteiger partial charge >= 0.3 is 0 Å². The van der Waals surface area contributed by atoms with Crippen LogP contribution in [0.3, 0.4) is 0 Å². The summed E-state index contributed by atoms with van der Waals surface area (Å²) in [6.45, 7) is 15.9. The highest BCUT2D eigenvalue weighted by atomic mass is 16.3. The molecular formula is C40H57N7O4. The molecular weight excluding hydrogens is 642 g/mol. The minimum absolute atomic E-state index is 0.0784. The van der Waals surface area contributed by atoms with E-state index in [2.05, 4.69) is 26.9 Å². The number of hydrogen-bond acceptors (Lipinski definition) is 9. The Labute approximate surface area is 303 Å². The van der Waals surface area contributed by atoms with Crippen molar-refractivity contribution in [1.82, 2.24) is 14.7 Å². The van der Waals surface area contributed by atoms with E-state index in [4.69, 9.17) is 10.7 Å². The lowest BCUT2D eigenvalue weighted by atomic mass is 9.71. The van der Waals surface area contributed by atoms with Crippen molar-refractivity contribution in [1.29, 1.82) is 0 Å². The first-order valence-electron chi connectivity index (χ1n) is 19.0. The third kappa shape index (κ3) is 8.16. The maximum Gasteiger partial charge on any atom is 0.261 e. The first-order valence-corrected chi connectivity index (χ1v) is 19.0. The molecule has 0 bridgehead atoms. The maximum absolute atomic E-state index is 13.2. The van der Waals surface area contributed by atoms with Crippen LogP contribution in [0.15, 0.2) is 35.3 Å². The lowest BCUT2D eigenvalue weighted by Crippen LogP contribution is -2.48. The van der Waals surface area contributed by atoms with Crippen LogP contribution >= 0.6 is 0 Å². The fourth-order valence-electron chi connectivity index (χ4n) is 8.58. The lowest BCUT2D eigenvalue weighted by molar-refractivity contribution is -0.105. The van der Waals surface area contributed by atoms with Gasteiger partial charge in [0.1, 0.15) is 0 Å². The van der Waals surface area contributed by atoms with E-state index in [0.717, 1.165) is 89.3 Å². The van der Waals surface area contributed by atoms with Crippen LogP contribution in [-0.4, -0.2) is 109 Å². The average Bonchev–Trinajstić information content (AvgIpc) is 3.37. The number of rotatable bonds is 12. The number of amides is 3. The van der Waals surface area contributed by atoms with Crippen LogP contribution in [0, 0.1) is 5.41 Å². The molecule has 4 heterocycles. The molecule has 2 aromatic carbocycles. The zero-order valence-electron chi connectivity index (χ0n) is 31.0. The van der Waals surface area contributed by atoms with Gasteiger partial charge in [-0.05, 0) is 115 Å². The van der Waals surface area contributed by atoms with Gasteiger partial charge in [0.25, 0.3) is 11.8 Å². The van der Waals surface area contributed by atoms with Crippen LogP contribution in [0.5, 0.6) is 0 Å². The summed E-state index contributed by atoms with van der Waals surface area (Å²) in [6, 6.07) is 9.52. The van der Waals surface area contributed by atoms with Crippen LogP contribution in [0.2, 0.25) is 0 Å². The quantitative estimate of drug-likeness (QED) is 0.120. The van der Waals surface area contributed by atoms with Crippen LogP contribution in [-0.2, 0) is 10.4 Å². The van der Waals surface area contributed by atoms with E-state index in [1.54, 1.807) is 26.0 Å². The Bertz CT molecular complexity index is 1610. The van der Waals surface area contributed by atoms with Gasteiger partial charge in [-0.2, -0.15) is 0 Å². The molecule has 1 unspecified atom stereocenters. The van der Waals surface area contributed by atoms with E-state index in [9.17, 15) is 19.5 Å². The summed E-state index contributed by atoms with van der Waals surface area (Å²) in [6.07, 6.45) is 11.0. The van der Waals surface area contributed by atoms with E-state index in [1.165, 1.54) is 30.6 Å². The number of imide groups is 1. The van der Waals surface area contributed by atoms with Gasteiger partial charge in [-0.15, -0.1) is 0 Å². The number of carbonyl (C=O) groups excluding carboxylic acids is 3. The van der Waals surface area contributed by atoms with E-state index in [1.807, 2.05) is 31.3 Å². The third-order valence-corrected chi connectivity index (χ3v) is 12.0. The summed E-state index contributed by atoms with van der Waals surface area (Å²) in [4.78, 5) is 51.3. The van der Waals surface area contributed by atoms with Gasteiger partial charge in [0.2, 0.25) is 6.41 Å². The zero-order valence-corrected chi connectivity index (χ0v) is 31.0. The topological polar surface area (TPSA) is 135 Å². The number of anilines is 3. The van der Waals surface area contributed by atoms with Crippen molar-refractivity contribution in [3.8, 4) is 0 Å². The lowest BCUT2D eigenvalue weighted by Gasteiger charge is -2.47. The van der Waals surface area contributed by atoms with E-state index in [0.29, 0.717) is 39.9 Å². The standard InChI is InChI=1S/C40H57N7O4/c1-5-6-28(2)47-37(49)32-8-7-31(24-33(32)38(47)50)46-19-13-40(14-20-46)11-17-45(18-12-40)22-21-44-15-9-30(10-16-44)42-26-29-23-36(43-27-48)34(25-35(29)41)39(3,4)51/h7-8,23-28,30,51H,5-6,9-22,41H2,1-4H3,(H,43,48). The highest BCUT2D eigenvalue weighted by Gasteiger charge is 2.40. The molecule has 276 valence electrons. The Morgan fingerprint density at radius 3 is 2.22 bits per heavy atom. The minimum Gasteiger partial charge on any atom is -0.398 e. The fourth-order valence-corrected chi connectivity index (χ4v) is 8.58. The normalized spacial score (nSPS) is 21.1. The van der Waals surface area contributed by atoms with E-state index in [-0.39, 0.29) is 23.9 Å². The van der Waals surface area contributed by atoms with Gasteiger partial charge in [0.15, 0.2) is 0 Å². The number of nitrogens with zero attached hydrogens (tertiary/aromatic N) is 5. The monoisotopic (exact) mass is 699 g/mol. The van der Waals surface area contributed by atoms with Crippen molar-refractivity contribution in [2.45, 2.75) is 96.7 Å². The summed E-state index contributed by atoms with van der Waals surface area (Å²) in [5, 5.41) is 13.2. The largest absolute Gasteiger partial charge is 0.398 e. The summed E-state index contributed by atoms with van der Waals surface area (Å²) in [7, 11) is 0. The van der Waals surface area contributed by atoms with Crippen LogP contribution in [0.25, 0.3) is 0 Å². The van der Waals surface area contributed by atoms with Gasteiger partial charge in [0, 0.05) is 79.7 Å². The SMILES string of the molecule is CCCC(C)N1C(=O)c2ccc(N3CCC4(CCN(CCN5CCC(N=Cc6cc(NC=O)c(C(C)(C)O)cc6N)CC5)CC4)CC3)cc2C1=O. The number of piperidine rings is 3. The number of nitrogens with two attached hydrogens (primary N) is 1. The van der Waals surface area contributed by atoms with Gasteiger partial charge in [0.05, 0.1) is 22.8 Å². The molecule has 3 saturated heterocycles. The second kappa shape index (κ2) is 15.4. The van der Waals surface area contributed by atoms with Crippen molar-refractivity contribution < 1.29 is 19.5 Å². The minimum atomic E-state index is -1.13. The molecule has 0 aliphatic carbocycles. The van der Waals surface area contributed by atoms with Crippen molar-refractivity contribution in [3.63, 3.8) is 0 Å². The molecule has 3 amide bonds. The number of nitrogen functional groups attached to an aromatic ring is 1. The van der Waals surface area contributed by atoms with E-state index >= 15 is 0 Å². The summed E-state index contributed by atoms with van der Waals surface area (Å²) in [5.74, 6) is -0.291. The highest BCUT2D eigenvalue weighted by Crippen LogP contribution is 2.42. The molecule has 2 aromatic rings. The zero-order chi connectivity index (χ0) is 36.3. The average molecular weight is 700 g/mol. The second-order valence-corrected chi connectivity index (χ2v) is 15.9. The second-order valence-electron chi connectivity index (χ2n) is 15.9. The number of hydrogen-bond donors (Lipinski definition) is 3. The molecule has 51 heavy (non-hydrogen) atoms. The number of aliphatic hydroxyl groups is 1. The van der Waals surface area contributed by atoms with Gasteiger partial charge in [-0.25, -0.2) is 0 Å². The Morgan fingerprint density at radius 2 is 1.59 bits per heavy atom. The number of nitrogens with one attached hydrogen (secondary N) is 1. The van der Waals surface area contributed by atoms with Crippen LogP contribution < -0.4 is 16.0 Å². The molecule has 11 nitrogen and oxygen atoms in total. The molecule has 0 aromatic heterocycles.